The highest BCUT2D eigenvalue weighted by atomic mass is 15.3. The summed E-state index contributed by atoms with van der Waals surface area (Å²) < 4.78 is 2.04. The highest BCUT2D eigenvalue weighted by Crippen LogP contribution is 2.26. The number of hydrogen-bond donors (Lipinski definition) is 1. The quantitative estimate of drug-likeness (QED) is 0.931. The molecule has 1 saturated heterocycles. The van der Waals surface area contributed by atoms with E-state index in [-0.39, 0.29) is 5.54 Å². The van der Waals surface area contributed by atoms with Crippen LogP contribution < -0.4 is 5.32 Å². The molecule has 0 radical (unpaired) electrons. The molecule has 1 aliphatic rings. The van der Waals surface area contributed by atoms with Crippen molar-refractivity contribution in [3.05, 3.63) is 42.5 Å². The summed E-state index contributed by atoms with van der Waals surface area (Å²) >= 11 is 0. The van der Waals surface area contributed by atoms with Crippen molar-refractivity contribution in [2.24, 2.45) is 0 Å². The van der Waals surface area contributed by atoms with Gasteiger partial charge in [0, 0.05) is 23.8 Å². The monoisotopic (exact) mass is 285 g/mol. The Kier molecular flexibility index (Phi) is 3.78. The Morgan fingerprint density at radius 2 is 2.05 bits per heavy atom. The van der Waals surface area contributed by atoms with Gasteiger partial charge in [-0.1, -0.05) is 18.2 Å². The van der Waals surface area contributed by atoms with Crippen LogP contribution in [0.3, 0.4) is 0 Å². The van der Waals surface area contributed by atoms with Gasteiger partial charge < -0.3 is 5.32 Å². The third kappa shape index (κ3) is 2.99. The minimum atomic E-state index is 0.269. The van der Waals surface area contributed by atoms with Crippen molar-refractivity contribution in [3.8, 4) is 5.69 Å². The summed E-state index contributed by atoms with van der Waals surface area (Å²) in [5.41, 5.74) is 1.37. The van der Waals surface area contributed by atoms with Crippen LogP contribution in [0, 0.1) is 0 Å². The molecule has 21 heavy (non-hydrogen) atoms. The van der Waals surface area contributed by atoms with E-state index in [2.05, 4.69) is 53.4 Å². The summed E-state index contributed by atoms with van der Waals surface area (Å²) in [6.45, 7) is 6.40. The van der Waals surface area contributed by atoms with Gasteiger partial charge in [0.2, 0.25) is 0 Å². The molecule has 1 aliphatic heterocycles. The average molecular weight is 285 g/mol. The fourth-order valence-electron chi connectivity index (χ4n) is 2.96. The summed E-state index contributed by atoms with van der Waals surface area (Å²) in [4.78, 5) is 2.41. The van der Waals surface area contributed by atoms with Gasteiger partial charge >= 0.3 is 0 Å². The van der Waals surface area contributed by atoms with Crippen molar-refractivity contribution in [2.75, 3.05) is 13.6 Å². The molecule has 2 aromatic rings. The zero-order chi connectivity index (χ0) is 14.9. The molecule has 1 atom stereocenters. The second-order valence-electron chi connectivity index (χ2n) is 6.43. The number of nitrogens with one attached hydrogen (secondary N) is 1. The molecule has 2 heterocycles. The first kappa shape index (κ1) is 14.2. The van der Waals surface area contributed by atoms with E-state index in [0.29, 0.717) is 6.04 Å². The van der Waals surface area contributed by atoms with Gasteiger partial charge in [0.1, 0.15) is 6.33 Å². The minimum absolute atomic E-state index is 0.269. The molecule has 5 nitrogen and oxygen atoms in total. The van der Waals surface area contributed by atoms with Gasteiger partial charge in [-0.25, -0.2) is 0 Å². The Hall–Kier alpha value is -1.72. The van der Waals surface area contributed by atoms with Gasteiger partial charge in [-0.3, -0.25) is 9.47 Å². The second-order valence-corrected chi connectivity index (χ2v) is 6.43. The molecule has 0 aliphatic carbocycles. The molecule has 0 bridgehead atoms. The summed E-state index contributed by atoms with van der Waals surface area (Å²) in [5, 5.41) is 11.9. The number of likely N-dealkylation sites (tertiary alicyclic amines) is 1. The van der Waals surface area contributed by atoms with E-state index in [0.717, 1.165) is 31.0 Å². The van der Waals surface area contributed by atoms with E-state index in [1.165, 1.54) is 0 Å². The number of likely N-dealkylation sites (N-methyl/N-ethyl adjacent to an activating group) is 1. The van der Waals surface area contributed by atoms with Crippen LogP contribution in [0.1, 0.15) is 26.1 Å². The molecule has 1 aromatic heterocycles. The SMILES string of the molecule is CN1CC(NCc2nncn2-c2ccccc2)CC1(C)C. The third-order valence-corrected chi connectivity index (χ3v) is 4.48. The molecular weight excluding hydrogens is 262 g/mol. The molecule has 112 valence electrons. The van der Waals surface area contributed by atoms with Crippen LogP contribution >= 0.6 is 0 Å². The standard InChI is InChI=1S/C16H23N5/c1-16(2)9-13(11-20(16)3)17-10-15-19-18-12-21(15)14-7-5-4-6-8-14/h4-8,12-13,17H,9-11H2,1-3H3. The zero-order valence-corrected chi connectivity index (χ0v) is 13.0. The molecular formula is C16H23N5. The Balaban J connectivity index is 1.66. The fourth-order valence-corrected chi connectivity index (χ4v) is 2.96. The van der Waals surface area contributed by atoms with E-state index in [1.54, 1.807) is 6.33 Å². The molecule has 1 fully saturated rings. The number of para-hydroxylation sites is 1. The zero-order valence-electron chi connectivity index (χ0n) is 13.0. The van der Waals surface area contributed by atoms with Gasteiger partial charge in [-0.15, -0.1) is 10.2 Å². The highest BCUT2D eigenvalue weighted by Gasteiger charge is 2.35. The Morgan fingerprint density at radius 1 is 1.29 bits per heavy atom. The molecule has 1 N–H and O–H groups in total. The molecule has 0 spiro atoms. The summed E-state index contributed by atoms with van der Waals surface area (Å²) in [6, 6.07) is 10.7. The van der Waals surface area contributed by atoms with Crippen LogP contribution in [0.5, 0.6) is 0 Å². The number of aromatic nitrogens is 3. The van der Waals surface area contributed by atoms with Crippen molar-refractivity contribution in [1.29, 1.82) is 0 Å². The van der Waals surface area contributed by atoms with E-state index < -0.39 is 0 Å². The maximum Gasteiger partial charge on any atom is 0.151 e. The van der Waals surface area contributed by atoms with Crippen molar-refractivity contribution in [1.82, 2.24) is 25.0 Å². The van der Waals surface area contributed by atoms with Crippen molar-refractivity contribution < 1.29 is 0 Å². The number of rotatable bonds is 4. The van der Waals surface area contributed by atoms with Crippen LogP contribution in [0.2, 0.25) is 0 Å². The maximum atomic E-state index is 4.25. The van der Waals surface area contributed by atoms with Gasteiger partial charge in [0.15, 0.2) is 5.82 Å². The smallest absolute Gasteiger partial charge is 0.151 e. The van der Waals surface area contributed by atoms with Gasteiger partial charge in [-0.2, -0.15) is 0 Å². The van der Waals surface area contributed by atoms with Crippen LogP contribution in [0.25, 0.3) is 5.69 Å². The summed E-state index contributed by atoms with van der Waals surface area (Å²) in [7, 11) is 2.19. The lowest BCUT2D eigenvalue weighted by atomic mass is 10.0. The van der Waals surface area contributed by atoms with Crippen LogP contribution in [-0.4, -0.2) is 44.8 Å². The molecule has 5 heteroatoms. The molecule has 0 amide bonds. The van der Waals surface area contributed by atoms with E-state index in [1.807, 2.05) is 22.8 Å². The lowest BCUT2D eigenvalue weighted by Gasteiger charge is -2.26. The third-order valence-electron chi connectivity index (χ3n) is 4.48. The topological polar surface area (TPSA) is 46.0 Å². The fraction of sp³-hybridized carbons (Fsp3) is 0.500. The van der Waals surface area contributed by atoms with E-state index in [4.69, 9.17) is 0 Å². The van der Waals surface area contributed by atoms with Crippen molar-refractivity contribution >= 4 is 0 Å². The van der Waals surface area contributed by atoms with Gasteiger partial charge in [0.05, 0.1) is 6.54 Å². The average Bonchev–Trinajstić information content (AvgIpc) is 3.02. The van der Waals surface area contributed by atoms with Crippen molar-refractivity contribution in [2.45, 2.75) is 38.4 Å². The maximum absolute atomic E-state index is 4.25. The normalized spacial score (nSPS) is 21.8. The first-order valence-corrected chi connectivity index (χ1v) is 7.45. The first-order valence-electron chi connectivity index (χ1n) is 7.45. The Labute approximate surface area is 126 Å². The first-order chi connectivity index (χ1) is 10.1. The molecule has 0 saturated carbocycles. The predicted molar refractivity (Wildman–Crippen MR) is 83.3 cm³/mol. The van der Waals surface area contributed by atoms with Crippen LogP contribution in [0.15, 0.2) is 36.7 Å². The van der Waals surface area contributed by atoms with E-state index >= 15 is 0 Å². The van der Waals surface area contributed by atoms with Gasteiger partial charge in [-0.05, 0) is 39.4 Å². The largest absolute Gasteiger partial charge is 0.306 e. The lowest BCUT2D eigenvalue weighted by molar-refractivity contribution is 0.218. The number of benzene rings is 1. The summed E-state index contributed by atoms with van der Waals surface area (Å²) in [5.74, 6) is 0.952. The molecule has 1 unspecified atom stereocenters. The van der Waals surface area contributed by atoms with Gasteiger partial charge in [0.25, 0.3) is 0 Å². The minimum Gasteiger partial charge on any atom is -0.306 e. The lowest BCUT2D eigenvalue weighted by Crippen LogP contribution is -2.34. The van der Waals surface area contributed by atoms with Crippen molar-refractivity contribution in [3.63, 3.8) is 0 Å². The Morgan fingerprint density at radius 3 is 2.71 bits per heavy atom. The number of nitrogens with zero attached hydrogens (tertiary/aromatic N) is 4. The number of hydrogen-bond acceptors (Lipinski definition) is 4. The summed E-state index contributed by atoms with van der Waals surface area (Å²) in [6.07, 6.45) is 2.93. The predicted octanol–water partition coefficient (Wildman–Crippen LogP) is 1.84. The Bertz CT molecular complexity index is 590. The van der Waals surface area contributed by atoms with Crippen LogP contribution in [0.4, 0.5) is 0 Å². The van der Waals surface area contributed by atoms with E-state index in [9.17, 15) is 0 Å². The molecule has 3 rings (SSSR count). The highest BCUT2D eigenvalue weighted by molar-refractivity contribution is 5.31. The van der Waals surface area contributed by atoms with Crippen LogP contribution in [-0.2, 0) is 6.54 Å². The molecule has 1 aromatic carbocycles. The second kappa shape index (κ2) is 5.58.